The third kappa shape index (κ3) is 4.61. The Bertz CT molecular complexity index is 760. The summed E-state index contributed by atoms with van der Waals surface area (Å²) in [4.78, 5) is 35.8. The number of fused-ring (bicyclic) bond motifs is 1. The molecule has 7 nitrogen and oxygen atoms in total. The van der Waals surface area contributed by atoms with Crippen LogP contribution in [0.1, 0.15) is 34.9 Å². The van der Waals surface area contributed by atoms with Crippen molar-refractivity contribution in [2.24, 2.45) is 0 Å². The molecule has 132 valence electrons. The average Bonchev–Trinajstić information content (AvgIpc) is 2.96. The van der Waals surface area contributed by atoms with Gasteiger partial charge in [-0.1, -0.05) is 6.07 Å². The number of carbonyl (C=O) groups excluding carboxylic acids is 2. The molecule has 3 heterocycles. The lowest BCUT2D eigenvalue weighted by atomic mass is 10.2. The van der Waals surface area contributed by atoms with Gasteiger partial charge in [0.1, 0.15) is 5.69 Å². The number of carbonyl (C=O) groups is 2. The van der Waals surface area contributed by atoms with Crippen LogP contribution in [0.4, 0.5) is 5.13 Å². The Morgan fingerprint density at radius 1 is 1.36 bits per heavy atom. The first-order chi connectivity index (χ1) is 12.0. The van der Waals surface area contributed by atoms with Gasteiger partial charge in [-0.2, -0.15) is 0 Å². The summed E-state index contributed by atoms with van der Waals surface area (Å²) in [7, 11) is 0. The van der Waals surface area contributed by atoms with Crippen LogP contribution in [0.15, 0.2) is 24.4 Å². The van der Waals surface area contributed by atoms with Crippen LogP contribution in [-0.2, 0) is 17.8 Å². The predicted octanol–water partition coefficient (Wildman–Crippen LogP) is 1.67. The minimum absolute atomic E-state index is 0.0339. The fourth-order valence-corrected chi connectivity index (χ4v) is 3.71. The number of anilines is 1. The van der Waals surface area contributed by atoms with Crippen molar-refractivity contribution >= 4 is 28.3 Å². The van der Waals surface area contributed by atoms with E-state index >= 15 is 0 Å². The van der Waals surface area contributed by atoms with Gasteiger partial charge in [-0.25, -0.2) is 4.98 Å². The van der Waals surface area contributed by atoms with Gasteiger partial charge in [0.15, 0.2) is 5.13 Å². The van der Waals surface area contributed by atoms with Gasteiger partial charge in [-0.05, 0) is 26.0 Å². The van der Waals surface area contributed by atoms with Gasteiger partial charge in [-0.3, -0.25) is 24.8 Å². The maximum atomic E-state index is 12.2. The summed E-state index contributed by atoms with van der Waals surface area (Å²) in [6.07, 6.45) is 2.36. The predicted molar refractivity (Wildman–Crippen MR) is 96.6 cm³/mol. The number of nitrogens with zero attached hydrogens (tertiary/aromatic N) is 3. The summed E-state index contributed by atoms with van der Waals surface area (Å²) in [6, 6.07) is 5.35. The van der Waals surface area contributed by atoms with Crippen molar-refractivity contribution in [3.05, 3.63) is 40.7 Å². The van der Waals surface area contributed by atoms with Crippen LogP contribution < -0.4 is 10.6 Å². The Hall–Kier alpha value is -2.32. The van der Waals surface area contributed by atoms with E-state index in [4.69, 9.17) is 0 Å². The molecular formula is C17H21N5O2S. The highest BCUT2D eigenvalue weighted by atomic mass is 32.1. The molecule has 0 saturated heterocycles. The van der Waals surface area contributed by atoms with E-state index in [1.54, 1.807) is 24.4 Å². The van der Waals surface area contributed by atoms with Crippen molar-refractivity contribution in [3.8, 4) is 0 Å². The van der Waals surface area contributed by atoms with Gasteiger partial charge in [0.25, 0.3) is 5.91 Å². The second-order valence-electron chi connectivity index (χ2n) is 6.24. The quantitative estimate of drug-likeness (QED) is 0.848. The first-order valence-electron chi connectivity index (χ1n) is 8.24. The van der Waals surface area contributed by atoms with Gasteiger partial charge in [0, 0.05) is 36.6 Å². The number of rotatable bonds is 5. The molecule has 0 saturated carbocycles. The van der Waals surface area contributed by atoms with Gasteiger partial charge in [0.05, 0.1) is 12.2 Å². The van der Waals surface area contributed by atoms with Crippen LogP contribution in [-0.4, -0.2) is 45.8 Å². The molecule has 25 heavy (non-hydrogen) atoms. The van der Waals surface area contributed by atoms with E-state index in [2.05, 4.69) is 25.5 Å². The molecule has 0 aliphatic carbocycles. The Morgan fingerprint density at radius 3 is 2.92 bits per heavy atom. The minimum atomic E-state index is -0.264. The van der Waals surface area contributed by atoms with E-state index < -0.39 is 0 Å². The number of pyridine rings is 1. The molecule has 2 aromatic heterocycles. The molecule has 0 atom stereocenters. The topological polar surface area (TPSA) is 87.2 Å². The monoisotopic (exact) mass is 359 g/mol. The van der Waals surface area contributed by atoms with Crippen LogP contribution in [0.2, 0.25) is 0 Å². The molecule has 0 bridgehead atoms. The summed E-state index contributed by atoms with van der Waals surface area (Å²) in [5, 5.41) is 6.29. The fourth-order valence-electron chi connectivity index (χ4n) is 2.67. The summed E-state index contributed by atoms with van der Waals surface area (Å²) in [5.74, 6) is -0.230. The lowest BCUT2D eigenvalue weighted by Crippen LogP contribution is -2.41. The molecule has 0 aromatic carbocycles. The first kappa shape index (κ1) is 17.5. The van der Waals surface area contributed by atoms with Crippen LogP contribution in [0.5, 0.6) is 0 Å². The molecule has 2 amide bonds. The fraction of sp³-hybridized carbons (Fsp3) is 0.412. The second kappa shape index (κ2) is 7.71. The first-order valence-corrected chi connectivity index (χ1v) is 9.05. The third-order valence-corrected chi connectivity index (χ3v) is 4.74. The molecule has 0 unspecified atom stereocenters. The summed E-state index contributed by atoms with van der Waals surface area (Å²) < 4.78 is 0. The number of hydrogen-bond acceptors (Lipinski definition) is 6. The van der Waals surface area contributed by atoms with Gasteiger partial charge in [-0.15, -0.1) is 11.3 Å². The molecule has 1 aliphatic rings. The second-order valence-corrected chi connectivity index (χ2v) is 7.32. The number of hydrogen-bond donors (Lipinski definition) is 2. The van der Waals surface area contributed by atoms with Gasteiger partial charge >= 0.3 is 0 Å². The standard InChI is InChI=1S/C17H21N5O2S/c1-11(2)19-15(23)10-22-8-6-12-14(9-22)25-17(20-12)21-16(24)13-5-3-4-7-18-13/h3-5,7,11H,6,8-10H2,1-2H3,(H,19,23)(H,20,21,24). The van der Waals surface area contributed by atoms with Crippen LogP contribution >= 0.6 is 11.3 Å². The molecule has 0 fully saturated rings. The maximum Gasteiger partial charge on any atom is 0.276 e. The van der Waals surface area contributed by atoms with Crippen LogP contribution in [0.25, 0.3) is 0 Å². The SMILES string of the molecule is CC(C)NC(=O)CN1CCc2nc(NC(=O)c3ccccn3)sc2C1. The largest absolute Gasteiger partial charge is 0.353 e. The summed E-state index contributed by atoms with van der Waals surface area (Å²) in [6.45, 7) is 5.75. The van der Waals surface area contributed by atoms with E-state index in [0.29, 0.717) is 23.9 Å². The van der Waals surface area contributed by atoms with E-state index in [1.165, 1.54) is 11.3 Å². The average molecular weight is 359 g/mol. The molecule has 8 heteroatoms. The molecular weight excluding hydrogens is 338 g/mol. The van der Waals surface area contributed by atoms with Gasteiger partial charge < -0.3 is 5.32 Å². The minimum Gasteiger partial charge on any atom is -0.353 e. The van der Waals surface area contributed by atoms with Crippen molar-refractivity contribution in [1.82, 2.24) is 20.2 Å². The lowest BCUT2D eigenvalue weighted by molar-refractivity contribution is -0.122. The van der Waals surface area contributed by atoms with Crippen molar-refractivity contribution in [1.29, 1.82) is 0 Å². The summed E-state index contributed by atoms with van der Waals surface area (Å²) >= 11 is 1.46. The van der Waals surface area contributed by atoms with E-state index in [1.807, 2.05) is 13.8 Å². The maximum absolute atomic E-state index is 12.2. The highest BCUT2D eigenvalue weighted by Crippen LogP contribution is 2.28. The Kier molecular flexibility index (Phi) is 5.40. The summed E-state index contributed by atoms with van der Waals surface area (Å²) in [5.41, 5.74) is 1.37. The number of nitrogens with one attached hydrogen (secondary N) is 2. The zero-order valence-electron chi connectivity index (χ0n) is 14.3. The molecule has 3 rings (SSSR count). The van der Waals surface area contributed by atoms with Crippen LogP contribution in [0, 0.1) is 0 Å². The molecule has 0 spiro atoms. The van der Waals surface area contributed by atoms with Crippen molar-refractivity contribution in [3.63, 3.8) is 0 Å². The van der Waals surface area contributed by atoms with Crippen molar-refractivity contribution in [2.75, 3.05) is 18.4 Å². The Labute approximate surface area is 150 Å². The van der Waals surface area contributed by atoms with E-state index in [-0.39, 0.29) is 17.9 Å². The van der Waals surface area contributed by atoms with Crippen molar-refractivity contribution in [2.45, 2.75) is 32.9 Å². The Morgan fingerprint density at radius 2 is 2.20 bits per heavy atom. The smallest absolute Gasteiger partial charge is 0.276 e. The normalized spacial score (nSPS) is 14.2. The number of amides is 2. The van der Waals surface area contributed by atoms with E-state index in [0.717, 1.165) is 23.5 Å². The molecule has 1 aliphatic heterocycles. The third-order valence-electron chi connectivity index (χ3n) is 3.75. The zero-order chi connectivity index (χ0) is 17.8. The van der Waals surface area contributed by atoms with E-state index in [9.17, 15) is 9.59 Å². The van der Waals surface area contributed by atoms with Gasteiger partial charge in [0.2, 0.25) is 5.91 Å². The van der Waals surface area contributed by atoms with Crippen LogP contribution in [0.3, 0.4) is 0 Å². The highest BCUT2D eigenvalue weighted by Gasteiger charge is 2.23. The molecule has 0 radical (unpaired) electrons. The number of aromatic nitrogens is 2. The number of thiazole rings is 1. The lowest BCUT2D eigenvalue weighted by Gasteiger charge is -2.25. The Balaban J connectivity index is 1.61. The molecule has 2 aromatic rings. The highest BCUT2D eigenvalue weighted by molar-refractivity contribution is 7.15. The van der Waals surface area contributed by atoms with Crippen molar-refractivity contribution < 1.29 is 9.59 Å². The zero-order valence-corrected chi connectivity index (χ0v) is 15.1. The molecule has 2 N–H and O–H groups in total.